The number of nitrogens with zero attached hydrogens (tertiary/aromatic N) is 1. The number of fused-ring (bicyclic) bond motifs is 2. The fourth-order valence-corrected chi connectivity index (χ4v) is 2.50. The third-order valence-corrected chi connectivity index (χ3v) is 3.67. The van der Waals surface area contributed by atoms with Gasteiger partial charge in [0.15, 0.2) is 0 Å². The van der Waals surface area contributed by atoms with Gasteiger partial charge in [0, 0.05) is 22.5 Å². The van der Waals surface area contributed by atoms with Crippen molar-refractivity contribution in [2.75, 3.05) is 0 Å². The van der Waals surface area contributed by atoms with E-state index in [0.717, 1.165) is 21.3 Å². The van der Waals surface area contributed by atoms with E-state index in [1.807, 2.05) is 18.2 Å². The molecule has 0 radical (unpaired) electrons. The van der Waals surface area contributed by atoms with Crippen molar-refractivity contribution in [1.82, 2.24) is 0 Å². The fraction of sp³-hybridized carbons (Fsp3) is 0.0769. The van der Waals surface area contributed by atoms with Crippen LogP contribution in [0.15, 0.2) is 40.9 Å². The number of nitro groups is 1. The number of hydrogen-bond acceptors (Lipinski definition) is 3. The molecule has 5 heteroatoms. The second-order valence-electron chi connectivity index (χ2n) is 4.04. The highest BCUT2D eigenvalue weighted by Gasteiger charge is 2.21. The van der Waals surface area contributed by atoms with Crippen LogP contribution in [0.2, 0.25) is 0 Å². The van der Waals surface area contributed by atoms with Gasteiger partial charge in [-0.05, 0) is 23.8 Å². The van der Waals surface area contributed by atoms with Crippen LogP contribution in [-0.2, 0) is 6.42 Å². The number of nitro benzene ring substituents is 1. The van der Waals surface area contributed by atoms with Crippen molar-refractivity contribution in [2.24, 2.45) is 0 Å². The van der Waals surface area contributed by atoms with Gasteiger partial charge in [-0.1, -0.05) is 22.0 Å². The third-order valence-electron chi connectivity index (χ3n) is 2.92. The van der Waals surface area contributed by atoms with Crippen molar-refractivity contribution in [3.05, 3.63) is 62.1 Å². The summed E-state index contributed by atoms with van der Waals surface area (Å²) in [7, 11) is 0. The van der Waals surface area contributed by atoms with Gasteiger partial charge in [0.2, 0.25) is 0 Å². The molecule has 90 valence electrons. The normalized spacial score (nSPS) is 12.3. The van der Waals surface area contributed by atoms with Crippen LogP contribution in [0.5, 0.6) is 11.5 Å². The van der Waals surface area contributed by atoms with Crippen molar-refractivity contribution in [3.8, 4) is 11.5 Å². The molecule has 0 spiro atoms. The number of halogens is 1. The predicted octanol–water partition coefficient (Wildman–Crippen LogP) is 4.05. The number of rotatable bonds is 1. The summed E-state index contributed by atoms with van der Waals surface area (Å²) in [6.45, 7) is 0. The van der Waals surface area contributed by atoms with Gasteiger partial charge in [-0.25, -0.2) is 0 Å². The lowest BCUT2D eigenvalue weighted by molar-refractivity contribution is -0.384. The average molecular weight is 306 g/mol. The topological polar surface area (TPSA) is 52.4 Å². The molecule has 0 aromatic heterocycles. The molecule has 0 amide bonds. The zero-order chi connectivity index (χ0) is 12.7. The minimum Gasteiger partial charge on any atom is -0.456 e. The molecule has 1 aliphatic heterocycles. The Labute approximate surface area is 111 Å². The van der Waals surface area contributed by atoms with E-state index >= 15 is 0 Å². The Hall–Kier alpha value is -1.88. The number of ether oxygens (including phenoxy) is 1. The second-order valence-corrected chi connectivity index (χ2v) is 4.90. The molecule has 0 fully saturated rings. The molecule has 1 heterocycles. The van der Waals surface area contributed by atoms with Gasteiger partial charge in [-0.2, -0.15) is 0 Å². The lowest BCUT2D eigenvalue weighted by atomic mass is 10.0. The molecule has 0 bridgehead atoms. The molecular weight excluding hydrogens is 298 g/mol. The van der Waals surface area contributed by atoms with Crippen molar-refractivity contribution in [1.29, 1.82) is 0 Å². The standard InChI is InChI=1S/C13H8BrNO3/c14-11-2-1-3-12-10(11)6-8-4-5-9(15(16)17)7-13(8)18-12/h1-5,7H,6H2. The smallest absolute Gasteiger partial charge is 0.273 e. The average Bonchev–Trinajstić information content (AvgIpc) is 2.36. The molecule has 0 saturated carbocycles. The van der Waals surface area contributed by atoms with Gasteiger partial charge in [-0.3, -0.25) is 10.1 Å². The first-order valence-electron chi connectivity index (χ1n) is 5.38. The minimum absolute atomic E-state index is 0.0483. The Morgan fingerprint density at radius 2 is 2.06 bits per heavy atom. The maximum Gasteiger partial charge on any atom is 0.273 e. The van der Waals surface area contributed by atoms with E-state index in [4.69, 9.17) is 4.74 Å². The molecule has 0 unspecified atom stereocenters. The maximum absolute atomic E-state index is 10.7. The van der Waals surface area contributed by atoms with Crippen molar-refractivity contribution >= 4 is 21.6 Å². The summed E-state index contributed by atoms with van der Waals surface area (Å²) in [5, 5.41) is 10.7. The van der Waals surface area contributed by atoms with Gasteiger partial charge in [0.25, 0.3) is 5.69 Å². The molecule has 2 aromatic carbocycles. The van der Waals surface area contributed by atoms with E-state index in [1.54, 1.807) is 6.07 Å². The van der Waals surface area contributed by atoms with E-state index in [9.17, 15) is 10.1 Å². The Bertz CT molecular complexity index is 655. The second kappa shape index (κ2) is 4.10. The summed E-state index contributed by atoms with van der Waals surface area (Å²) < 4.78 is 6.70. The van der Waals surface area contributed by atoms with E-state index in [2.05, 4.69) is 15.9 Å². The third kappa shape index (κ3) is 1.76. The zero-order valence-corrected chi connectivity index (χ0v) is 10.8. The highest BCUT2D eigenvalue weighted by Crippen LogP contribution is 2.40. The van der Waals surface area contributed by atoms with Gasteiger partial charge < -0.3 is 4.74 Å². The van der Waals surface area contributed by atoms with Crippen LogP contribution in [0.3, 0.4) is 0 Å². The zero-order valence-electron chi connectivity index (χ0n) is 9.22. The van der Waals surface area contributed by atoms with Crippen LogP contribution in [0.1, 0.15) is 11.1 Å². The molecule has 1 aliphatic rings. The molecular formula is C13H8BrNO3. The van der Waals surface area contributed by atoms with Crippen molar-refractivity contribution in [2.45, 2.75) is 6.42 Å². The molecule has 0 aliphatic carbocycles. The van der Waals surface area contributed by atoms with E-state index < -0.39 is 4.92 Å². The number of non-ortho nitro benzene ring substituents is 1. The molecule has 18 heavy (non-hydrogen) atoms. The predicted molar refractivity (Wildman–Crippen MR) is 70.1 cm³/mol. The van der Waals surface area contributed by atoms with Gasteiger partial charge in [-0.15, -0.1) is 0 Å². The first kappa shape index (κ1) is 11.2. The highest BCUT2D eigenvalue weighted by molar-refractivity contribution is 9.10. The molecule has 0 saturated heterocycles. The Morgan fingerprint density at radius 1 is 1.22 bits per heavy atom. The first-order chi connectivity index (χ1) is 8.65. The summed E-state index contributed by atoms with van der Waals surface area (Å²) in [5.41, 5.74) is 2.08. The van der Waals surface area contributed by atoms with Gasteiger partial charge >= 0.3 is 0 Å². The highest BCUT2D eigenvalue weighted by atomic mass is 79.9. The maximum atomic E-state index is 10.7. The van der Waals surface area contributed by atoms with Crippen molar-refractivity contribution in [3.63, 3.8) is 0 Å². The summed E-state index contributed by atoms with van der Waals surface area (Å²) in [4.78, 5) is 10.3. The Kier molecular flexibility index (Phi) is 2.56. The molecule has 0 N–H and O–H groups in total. The lowest BCUT2D eigenvalue weighted by Gasteiger charge is -2.20. The molecule has 3 rings (SSSR count). The van der Waals surface area contributed by atoms with Crippen LogP contribution in [0.4, 0.5) is 5.69 Å². The summed E-state index contributed by atoms with van der Waals surface area (Å²) >= 11 is 3.48. The van der Waals surface area contributed by atoms with Crippen molar-refractivity contribution < 1.29 is 9.66 Å². The van der Waals surface area contributed by atoms with Crippen LogP contribution in [0, 0.1) is 10.1 Å². The lowest BCUT2D eigenvalue weighted by Crippen LogP contribution is -2.04. The summed E-state index contributed by atoms with van der Waals surface area (Å²) in [6, 6.07) is 10.4. The minimum atomic E-state index is -0.417. The number of hydrogen-bond donors (Lipinski definition) is 0. The molecule has 4 nitrogen and oxygen atoms in total. The van der Waals surface area contributed by atoms with Gasteiger partial charge in [0.1, 0.15) is 11.5 Å². The van der Waals surface area contributed by atoms with Crippen LogP contribution in [-0.4, -0.2) is 4.92 Å². The quantitative estimate of drug-likeness (QED) is 0.503. The van der Waals surface area contributed by atoms with Gasteiger partial charge in [0.05, 0.1) is 11.0 Å². The Morgan fingerprint density at radius 3 is 2.83 bits per heavy atom. The van der Waals surface area contributed by atoms with Crippen LogP contribution in [0.25, 0.3) is 0 Å². The molecule has 0 atom stereocenters. The largest absolute Gasteiger partial charge is 0.456 e. The fourth-order valence-electron chi connectivity index (χ4n) is 2.01. The van der Waals surface area contributed by atoms with Crippen LogP contribution < -0.4 is 4.74 Å². The first-order valence-corrected chi connectivity index (χ1v) is 6.17. The SMILES string of the molecule is O=[N+]([O-])c1ccc2c(c1)Oc1cccc(Br)c1C2. The van der Waals surface area contributed by atoms with E-state index in [0.29, 0.717) is 12.2 Å². The number of benzene rings is 2. The van der Waals surface area contributed by atoms with Crippen LogP contribution >= 0.6 is 15.9 Å². The summed E-state index contributed by atoms with van der Waals surface area (Å²) in [5.74, 6) is 1.31. The van der Waals surface area contributed by atoms with E-state index in [-0.39, 0.29) is 5.69 Å². The van der Waals surface area contributed by atoms with E-state index in [1.165, 1.54) is 12.1 Å². The monoisotopic (exact) mass is 305 g/mol. The molecule has 2 aromatic rings. The summed E-state index contributed by atoms with van der Waals surface area (Å²) in [6.07, 6.45) is 0.712. The Balaban J connectivity index is 2.08.